The van der Waals surface area contributed by atoms with Crippen molar-refractivity contribution in [3.05, 3.63) is 0 Å². The van der Waals surface area contributed by atoms with Gasteiger partial charge < -0.3 is 30.0 Å². The molecule has 33 heavy (non-hydrogen) atoms. The Bertz CT molecular complexity index is 735. The lowest BCUT2D eigenvalue weighted by Gasteiger charge is -2.64. The van der Waals surface area contributed by atoms with Crippen molar-refractivity contribution in [1.82, 2.24) is 10.2 Å². The zero-order valence-corrected chi connectivity index (χ0v) is 21.5. The summed E-state index contributed by atoms with van der Waals surface area (Å²) < 4.78 is 18.3. The van der Waals surface area contributed by atoms with Crippen molar-refractivity contribution in [2.24, 2.45) is 28.9 Å². The van der Waals surface area contributed by atoms with Crippen LogP contribution in [0.15, 0.2) is 0 Å². The average molecular weight is 486 g/mol. The van der Waals surface area contributed by atoms with E-state index in [0.29, 0.717) is 44.1 Å². The molecule has 0 aromatic carbocycles. The number of rotatable bonds is 7. The fourth-order valence-corrected chi connectivity index (χ4v) is 6.33. The molecule has 2 unspecified atom stereocenters. The van der Waals surface area contributed by atoms with E-state index in [-0.39, 0.29) is 53.7 Å². The molecule has 0 radical (unpaired) electrons. The standard InChI is InChI=1S/C23H40BN3O5.ClH/c1-14(2)10-19(26-21(29)16(25)13-20(28)27-6-8-30-9-7-27)24-31-18-12-15-11-17(22(15,3)4)23(18,5)32-24;/h14-19H,6-13,25H2,1-5H3,(H,26,29);1H/t15-,16?,17-,18+,19?,23-;/m0./s1. The quantitative estimate of drug-likeness (QED) is 0.533. The number of carbonyl (C=O) groups excluding carboxylic acids is 2. The second kappa shape index (κ2) is 10.0. The second-order valence-electron chi connectivity index (χ2n) is 11.4. The van der Waals surface area contributed by atoms with Crippen LogP contribution >= 0.6 is 12.4 Å². The van der Waals surface area contributed by atoms with Crippen LogP contribution in [0.1, 0.15) is 60.3 Å². The Hall–Kier alpha value is -0.865. The van der Waals surface area contributed by atoms with Gasteiger partial charge in [-0.1, -0.05) is 27.7 Å². The van der Waals surface area contributed by atoms with Crippen LogP contribution in [0.3, 0.4) is 0 Å². The van der Waals surface area contributed by atoms with Gasteiger partial charge in [-0.3, -0.25) is 9.59 Å². The van der Waals surface area contributed by atoms with Crippen LogP contribution in [0.2, 0.25) is 0 Å². The van der Waals surface area contributed by atoms with Crippen LogP contribution in [-0.4, -0.2) is 73.8 Å². The van der Waals surface area contributed by atoms with Gasteiger partial charge in [0.05, 0.1) is 43.3 Å². The number of halogens is 1. The number of ether oxygens (including phenoxy) is 1. The molecule has 3 saturated carbocycles. The van der Waals surface area contributed by atoms with Gasteiger partial charge in [0.2, 0.25) is 11.8 Å². The van der Waals surface area contributed by atoms with Crippen molar-refractivity contribution < 1.29 is 23.6 Å². The zero-order valence-electron chi connectivity index (χ0n) is 20.7. The van der Waals surface area contributed by atoms with Crippen molar-refractivity contribution in [3.63, 3.8) is 0 Å². The summed E-state index contributed by atoms with van der Waals surface area (Å²) in [5.74, 6) is 0.756. The minimum absolute atomic E-state index is 0. The topological polar surface area (TPSA) is 103 Å². The number of nitrogens with zero attached hydrogens (tertiary/aromatic N) is 1. The van der Waals surface area contributed by atoms with Crippen LogP contribution in [-0.2, 0) is 23.6 Å². The first kappa shape index (κ1) is 26.7. The van der Waals surface area contributed by atoms with E-state index in [9.17, 15) is 9.59 Å². The molecule has 2 aliphatic heterocycles. The first-order valence-electron chi connectivity index (χ1n) is 12.3. The monoisotopic (exact) mass is 485 g/mol. The van der Waals surface area contributed by atoms with E-state index in [4.69, 9.17) is 19.8 Å². The van der Waals surface area contributed by atoms with Gasteiger partial charge in [0.25, 0.3) is 0 Å². The van der Waals surface area contributed by atoms with Gasteiger partial charge >= 0.3 is 7.12 Å². The Morgan fingerprint density at radius 2 is 1.85 bits per heavy atom. The summed E-state index contributed by atoms with van der Waals surface area (Å²) in [6.45, 7) is 13.2. The largest absolute Gasteiger partial charge is 0.481 e. The van der Waals surface area contributed by atoms with Crippen molar-refractivity contribution >= 4 is 31.3 Å². The van der Waals surface area contributed by atoms with Gasteiger partial charge in [-0.2, -0.15) is 0 Å². The van der Waals surface area contributed by atoms with E-state index >= 15 is 0 Å². The van der Waals surface area contributed by atoms with Gasteiger partial charge in [0.1, 0.15) is 0 Å². The van der Waals surface area contributed by atoms with Gasteiger partial charge in [0.15, 0.2) is 0 Å². The molecule has 5 rings (SSSR count). The van der Waals surface area contributed by atoms with E-state index in [2.05, 4.69) is 39.9 Å². The number of morpholine rings is 1. The van der Waals surface area contributed by atoms with E-state index in [1.165, 1.54) is 6.42 Å². The summed E-state index contributed by atoms with van der Waals surface area (Å²) in [6.07, 6.45) is 2.97. The molecule has 0 spiro atoms. The molecule has 8 nitrogen and oxygen atoms in total. The fourth-order valence-electron chi connectivity index (χ4n) is 6.33. The van der Waals surface area contributed by atoms with E-state index in [1.54, 1.807) is 4.90 Å². The summed E-state index contributed by atoms with van der Waals surface area (Å²) >= 11 is 0. The highest BCUT2D eigenvalue weighted by Crippen LogP contribution is 2.65. The van der Waals surface area contributed by atoms with Gasteiger partial charge in [-0.25, -0.2) is 0 Å². The van der Waals surface area contributed by atoms with Crippen LogP contribution in [0.4, 0.5) is 0 Å². The zero-order chi connectivity index (χ0) is 23.3. The maximum absolute atomic E-state index is 12.9. The number of nitrogens with two attached hydrogens (primary N) is 1. The predicted octanol–water partition coefficient (Wildman–Crippen LogP) is 1.78. The molecule has 6 atom stereocenters. The van der Waals surface area contributed by atoms with E-state index in [1.807, 2.05) is 0 Å². The lowest BCUT2D eigenvalue weighted by molar-refractivity contribution is -0.199. The Labute approximate surface area is 204 Å². The normalized spacial score (nSPS) is 34.1. The third-order valence-electron chi connectivity index (χ3n) is 8.45. The van der Waals surface area contributed by atoms with Crippen molar-refractivity contribution in [3.8, 4) is 0 Å². The van der Waals surface area contributed by atoms with Gasteiger partial charge in [-0.15, -0.1) is 12.4 Å². The summed E-state index contributed by atoms with van der Waals surface area (Å²) in [5, 5.41) is 3.07. The van der Waals surface area contributed by atoms with Crippen LogP contribution in [0.5, 0.6) is 0 Å². The number of nitrogens with one attached hydrogen (secondary N) is 1. The number of amides is 2. The Balaban J connectivity index is 0.00000306. The SMILES string of the molecule is CC(C)CC(NC(=O)C(N)CC(=O)N1CCOCC1)B1O[C@@H]2C[C@@H]3C[C@@H](C3(C)C)[C@]2(C)O1.Cl. The highest BCUT2D eigenvalue weighted by molar-refractivity contribution is 6.47. The predicted molar refractivity (Wildman–Crippen MR) is 129 cm³/mol. The van der Waals surface area contributed by atoms with Crippen molar-refractivity contribution in [2.45, 2.75) is 84.0 Å². The first-order chi connectivity index (χ1) is 15.0. The molecule has 5 aliphatic rings. The van der Waals surface area contributed by atoms with Gasteiger partial charge in [0, 0.05) is 13.1 Å². The van der Waals surface area contributed by atoms with Crippen LogP contribution < -0.4 is 11.1 Å². The maximum Gasteiger partial charge on any atom is 0.481 e. The van der Waals surface area contributed by atoms with E-state index in [0.717, 1.165) is 12.8 Å². The van der Waals surface area contributed by atoms with Crippen LogP contribution in [0.25, 0.3) is 0 Å². The summed E-state index contributed by atoms with van der Waals surface area (Å²) in [7, 11) is -0.492. The molecule has 0 aromatic rings. The van der Waals surface area contributed by atoms with Crippen molar-refractivity contribution in [1.29, 1.82) is 0 Å². The molecule has 2 heterocycles. The average Bonchev–Trinajstić information content (AvgIpc) is 3.10. The molecule has 0 aromatic heterocycles. The molecule has 3 aliphatic carbocycles. The molecule has 2 saturated heterocycles. The smallest absolute Gasteiger partial charge is 0.404 e. The lowest BCUT2D eigenvalue weighted by atomic mass is 9.43. The summed E-state index contributed by atoms with van der Waals surface area (Å²) in [5.41, 5.74) is 6.08. The molecule has 2 amide bonds. The highest BCUT2D eigenvalue weighted by Gasteiger charge is 2.68. The third-order valence-corrected chi connectivity index (χ3v) is 8.45. The Morgan fingerprint density at radius 3 is 2.45 bits per heavy atom. The molecular weight excluding hydrogens is 445 g/mol. The summed E-state index contributed by atoms with van der Waals surface area (Å²) in [4.78, 5) is 27.2. The Morgan fingerprint density at radius 1 is 1.18 bits per heavy atom. The molecule has 2 bridgehead atoms. The molecule has 10 heteroatoms. The van der Waals surface area contributed by atoms with Crippen LogP contribution in [0, 0.1) is 23.2 Å². The Kier molecular flexibility index (Phi) is 8.11. The maximum atomic E-state index is 12.9. The number of hydrogen-bond acceptors (Lipinski definition) is 6. The molecule has 5 fully saturated rings. The van der Waals surface area contributed by atoms with E-state index < -0.39 is 13.2 Å². The number of carbonyl (C=O) groups is 2. The minimum atomic E-state index is -0.897. The number of hydrogen-bond donors (Lipinski definition) is 2. The summed E-state index contributed by atoms with van der Waals surface area (Å²) in [6, 6.07) is -0.897. The fraction of sp³-hybridized carbons (Fsp3) is 0.913. The minimum Gasteiger partial charge on any atom is -0.404 e. The third kappa shape index (κ3) is 5.08. The van der Waals surface area contributed by atoms with Gasteiger partial charge in [-0.05, 0) is 49.4 Å². The molecule has 3 N–H and O–H groups in total. The molecular formula is C23H41BClN3O5. The highest BCUT2D eigenvalue weighted by atomic mass is 35.5. The first-order valence-corrected chi connectivity index (χ1v) is 12.3. The second-order valence-corrected chi connectivity index (χ2v) is 11.4. The lowest BCUT2D eigenvalue weighted by Crippen LogP contribution is -2.65. The van der Waals surface area contributed by atoms with Crippen molar-refractivity contribution in [2.75, 3.05) is 26.3 Å². The molecule has 188 valence electrons.